The Morgan fingerprint density at radius 1 is 1.30 bits per heavy atom. The Bertz CT molecular complexity index is 996. The summed E-state index contributed by atoms with van der Waals surface area (Å²) in [7, 11) is 0. The first-order chi connectivity index (χ1) is 14.3. The van der Waals surface area contributed by atoms with E-state index in [4.69, 9.17) is 28.3 Å². The molecule has 2 aromatic rings. The van der Waals surface area contributed by atoms with Crippen molar-refractivity contribution in [1.82, 2.24) is 10.2 Å². The maximum atomic E-state index is 12.5. The van der Waals surface area contributed by atoms with Gasteiger partial charge in [0.15, 0.2) is 0 Å². The first-order valence-electron chi connectivity index (χ1n) is 9.60. The largest absolute Gasteiger partial charge is 0.481 e. The number of benzene rings is 1. The van der Waals surface area contributed by atoms with Crippen molar-refractivity contribution in [2.45, 2.75) is 32.2 Å². The van der Waals surface area contributed by atoms with Gasteiger partial charge in [0.2, 0.25) is 11.8 Å². The van der Waals surface area contributed by atoms with E-state index in [9.17, 15) is 14.4 Å². The zero-order valence-corrected chi connectivity index (χ0v) is 18.7. The van der Waals surface area contributed by atoms with Crippen molar-refractivity contribution in [3.63, 3.8) is 0 Å². The molecule has 1 fully saturated rings. The number of halogens is 2. The van der Waals surface area contributed by atoms with E-state index in [1.807, 2.05) is 17.5 Å². The molecule has 1 aliphatic rings. The number of rotatable bonds is 6. The smallest absolute Gasteiger partial charge is 0.306 e. The molecule has 1 aromatic carbocycles. The van der Waals surface area contributed by atoms with Crippen LogP contribution in [0.5, 0.6) is 0 Å². The van der Waals surface area contributed by atoms with Crippen LogP contribution in [-0.2, 0) is 14.4 Å². The molecule has 6 nitrogen and oxygen atoms in total. The van der Waals surface area contributed by atoms with Gasteiger partial charge in [0.1, 0.15) is 0 Å². The van der Waals surface area contributed by atoms with Crippen molar-refractivity contribution in [2.24, 2.45) is 5.92 Å². The molecule has 30 heavy (non-hydrogen) atoms. The Labute approximate surface area is 188 Å². The normalized spacial score (nSPS) is 16.2. The summed E-state index contributed by atoms with van der Waals surface area (Å²) >= 11 is 14.2. The summed E-state index contributed by atoms with van der Waals surface area (Å²) in [6.45, 7) is 2.53. The monoisotopic (exact) mass is 468 g/mol. The fourth-order valence-corrected chi connectivity index (χ4v) is 4.79. The number of fused-ring (bicyclic) bond motifs is 1. The fraction of sp³-hybridized carbons (Fsp3) is 0.381. The van der Waals surface area contributed by atoms with Crippen LogP contribution in [0.3, 0.4) is 0 Å². The molecule has 0 unspecified atom stereocenters. The molecule has 0 saturated carbocycles. The van der Waals surface area contributed by atoms with Crippen LogP contribution >= 0.6 is 34.5 Å². The molecule has 2 heterocycles. The van der Waals surface area contributed by atoms with Gasteiger partial charge in [0.25, 0.3) is 0 Å². The molecule has 3 rings (SSSR count). The maximum Gasteiger partial charge on any atom is 0.306 e. The number of carboxylic acids is 1. The van der Waals surface area contributed by atoms with Crippen LogP contribution in [0.2, 0.25) is 10.0 Å². The van der Waals surface area contributed by atoms with Crippen LogP contribution < -0.4 is 5.32 Å². The lowest BCUT2D eigenvalue weighted by Crippen LogP contribution is -2.46. The number of likely N-dealkylation sites (tertiary alicyclic amines) is 1. The third kappa shape index (κ3) is 5.33. The third-order valence-electron chi connectivity index (χ3n) is 5.14. The number of thiophene rings is 1. The quantitative estimate of drug-likeness (QED) is 0.613. The van der Waals surface area contributed by atoms with Crippen LogP contribution in [0, 0.1) is 5.92 Å². The number of hydrogen-bond acceptors (Lipinski definition) is 4. The van der Waals surface area contributed by atoms with Gasteiger partial charge in [0.05, 0.1) is 20.7 Å². The van der Waals surface area contributed by atoms with E-state index in [1.165, 1.54) is 24.3 Å². The second-order valence-corrected chi connectivity index (χ2v) is 9.05. The second kappa shape index (κ2) is 9.81. The number of amides is 2. The highest BCUT2D eigenvalue weighted by Gasteiger charge is 2.24. The molecule has 2 amide bonds. The molecule has 1 aromatic heterocycles. The van der Waals surface area contributed by atoms with Gasteiger partial charge in [-0.3, -0.25) is 14.4 Å². The molecular weight excluding hydrogens is 447 g/mol. The zero-order valence-electron chi connectivity index (χ0n) is 16.4. The third-order valence-corrected chi connectivity index (χ3v) is 7.08. The predicted molar refractivity (Wildman–Crippen MR) is 120 cm³/mol. The number of carbonyl (C=O) groups is 3. The first-order valence-corrected chi connectivity index (χ1v) is 11.2. The van der Waals surface area contributed by atoms with Gasteiger partial charge in [-0.25, -0.2) is 0 Å². The highest BCUT2D eigenvalue weighted by atomic mass is 35.5. The van der Waals surface area contributed by atoms with Crippen molar-refractivity contribution >= 4 is 68.5 Å². The highest BCUT2D eigenvalue weighted by molar-refractivity contribution is 7.18. The van der Waals surface area contributed by atoms with E-state index < -0.39 is 11.9 Å². The lowest BCUT2D eigenvalue weighted by molar-refractivity contribution is -0.143. The van der Waals surface area contributed by atoms with Crippen LogP contribution in [-0.4, -0.2) is 46.9 Å². The minimum atomic E-state index is -0.989. The van der Waals surface area contributed by atoms with E-state index in [2.05, 4.69) is 5.32 Å². The maximum absolute atomic E-state index is 12.5. The number of nitrogens with one attached hydrogen (secondary N) is 1. The average Bonchev–Trinajstić information content (AvgIpc) is 3.18. The fourth-order valence-electron chi connectivity index (χ4n) is 3.35. The topological polar surface area (TPSA) is 86.7 Å². The Hall–Kier alpha value is -2.09. The van der Waals surface area contributed by atoms with Crippen LogP contribution in [0.25, 0.3) is 16.2 Å². The second-order valence-electron chi connectivity index (χ2n) is 7.38. The number of carbonyl (C=O) groups excluding carboxylic acids is 2. The van der Waals surface area contributed by atoms with E-state index in [0.717, 1.165) is 10.1 Å². The Kier molecular flexibility index (Phi) is 7.39. The number of hydrogen-bond donors (Lipinski definition) is 2. The van der Waals surface area contributed by atoms with Crippen molar-refractivity contribution in [3.8, 4) is 0 Å². The molecule has 9 heteroatoms. The lowest BCUT2D eigenvalue weighted by atomic mass is 10.0. The standard InChI is InChI=1S/C21H22Cl2N2O4S/c1-12(21(28)29)10-16(26)24-15-4-7-25(8-5-15)17(27)3-2-13-11-14-6-9-30-20(14)19(23)18(13)22/h2-3,6,9,11-12,15H,4-5,7-8,10H2,1H3,(H,24,26)(H,28,29)/b3-2+/t12-/m0/s1. The summed E-state index contributed by atoms with van der Waals surface area (Å²) in [5.74, 6) is -2.11. The van der Waals surface area contributed by atoms with Gasteiger partial charge in [0, 0.05) is 31.6 Å². The molecule has 2 N–H and O–H groups in total. The lowest BCUT2D eigenvalue weighted by Gasteiger charge is -2.32. The molecule has 0 aliphatic carbocycles. The molecule has 1 atom stereocenters. The predicted octanol–water partition coefficient (Wildman–Crippen LogP) is 4.44. The van der Waals surface area contributed by atoms with E-state index in [0.29, 0.717) is 41.5 Å². The van der Waals surface area contributed by atoms with Gasteiger partial charge >= 0.3 is 5.97 Å². The molecule has 160 valence electrons. The summed E-state index contributed by atoms with van der Waals surface area (Å²) < 4.78 is 0.923. The summed E-state index contributed by atoms with van der Waals surface area (Å²) in [5.41, 5.74) is 0.690. The Balaban J connectivity index is 1.54. The van der Waals surface area contributed by atoms with Crippen LogP contribution in [0.15, 0.2) is 23.6 Å². The van der Waals surface area contributed by atoms with Gasteiger partial charge in [-0.05, 0) is 47.4 Å². The average molecular weight is 469 g/mol. The van der Waals surface area contributed by atoms with Crippen molar-refractivity contribution in [3.05, 3.63) is 39.2 Å². The van der Waals surface area contributed by atoms with Gasteiger partial charge < -0.3 is 15.3 Å². The highest BCUT2D eigenvalue weighted by Crippen LogP contribution is 2.37. The van der Waals surface area contributed by atoms with Crippen LogP contribution in [0.1, 0.15) is 31.7 Å². The molecule has 1 aliphatic heterocycles. The van der Waals surface area contributed by atoms with Gasteiger partial charge in [-0.2, -0.15) is 0 Å². The SMILES string of the molecule is C[C@@H](CC(=O)NC1CCN(C(=O)/C=C/c2cc3ccsc3c(Cl)c2Cl)CC1)C(=O)O. The Morgan fingerprint density at radius 3 is 2.67 bits per heavy atom. The van der Waals surface area contributed by atoms with E-state index >= 15 is 0 Å². The van der Waals surface area contributed by atoms with Crippen molar-refractivity contribution in [1.29, 1.82) is 0 Å². The number of nitrogens with zero attached hydrogens (tertiary/aromatic N) is 1. The van der Waals surface area contributed by atoms with Crippen LogP contribution in [0.4, 0.5) is 0 Å². The number of piperidine rings is 1. The number of carboxylic acid groups (broad SMARTS) is 1. The minimum Gasteiger partial charge on any atom is -0.481 e. The molecular formula is C21H22Cl2N2O4S. The summed E-state index contributed by atoms with van der Waals surface area (Å²) in [5, 5.41) is 15.6. The first kappa shape index (κ1) is 22.6. The molecule has 0 spiro atoms. The molecule has 0 radical (unpaired) electrons. The van der Waals surface area contributed by atoms with Crippen molar-refractivity contribution in [2.75, 3.05) is 13.1 Å². The zero-order chi connectivity index (χ0) is 21.8. The van der Waals surface area contributed by atoms with E-state index in [1.54, 1.807) is 11.0 Å². The summed E-state index contributed by atoms with van der Waals surface area (Å²) in [6, 6.07) is 3.81. The summed E-state index contributed by atoms with van der Waals surface area (Å²) in [4.78, 5) is 37.1. The van der Waals surface area contributed by atoms with E-state index in [-0.39, 0.29) is 24.3 Å². The van der Waals surface area contributed by atoms with Gasteiger partial charge in [-0.15, -0.1) is 11.3 Å². The minimum absolute atomic E-state index is 0.0466. The molecule has 0 bridgehead atoms. The Morgan fingerprint density at radius 2 is 2.00 bits per heavy atom. The van der Waals surface area contributed by atoms with Gasteiger partial charge in [-0.1, -0.05) is 30.1 Å². The van der Waals surface area contributed by atoms with Crippen molar-refractivity contribution < 1.29 is 19.5 Å². The number of aliphatic carboxylic acids is 1. The molecule has 1 saturated heterocycles. The summed E-state index contributed by atoms with van der Waals surface area (Å²) in [6.07, 6.45) is 4.37.